The van der Waals surface area contributed by atoms with Gasteiger partial charge in [-0.3, -0.25) is 0 Å². The van der Waals surface area contributed by atoms with Crippen molar-refractivity contribution in [3.63, 3.8) is 0 Å². The first-order valence-electron chi connectivity index (χ1n) is 8.25. The van der Waals surface area contributed by atoms with Gasteiger partial charge >= 0.3 is 0 Å². The van der Waals surface area contributed by atoms with Crippen molar-refractivity contribution in [3.05, 3.63) is 29.8 Å². The largest absolute Gasteiger partial charge is 0.497 e. The molecule has 0 amide bonds. The van der Waals surface area contributed by atoms with Gasteiger partial charge in [-0.1, -0.05) is 25.0 Å². The molecule has 116 valence electrons. The number of hydrogen-bond donors (Lipinski definition) is 1. The number of likely N-dealkylation sites (tertiary alicyclic amines) is 1. The molecule has 0 aromatic heterocycles. The fraction of sp³-hybridized carbons (Fsp3) is 0.667. The van der Waals surface area contributed by atoms with Crippen LogP contribution in [0.5, 0.6) is 5.75 Å². The summed E-state index contributed by atoms with van der Waals surface area (Å²) in [4.78, 5) is 2.43. The maximum absolute atomic E-state index is 10.4. The van der Waals surface area contributed by atoms with E-state index < -0.39 is 6.10 Å². The number of piperidine rings is 1. The lowest BCUT2D eigenvalue weighted by Crippen LogP contribution is -2.40. The minimum Gasteiger partial charge on any atom is -0.497 e. The van der Waals surface area contributed by atoms with Gasteiger partial charge in [0.1, 0.15) is 5.75 Å². The minimum atomic E-state index is -0.395. The van der Waals surface area contributed by atoms with Gasteiger partial charge in [-0.05, 0) is 61.9 Å². The Morgan fingerprint density at radius 3 is 2.29 bits per heavy atom. The van der Waals surface area contributed by atoms with Crippen LogP contribution in [-0.4, -0.2) is 36.8 Å². The number of hydrogen-bond acceptors (Lipinski definition) is 3. The molecule has 1 N–H and O–H groups in total. The van der Waals surface area contributed by atoms with Crippen molar-refractivity contribution in [2.75, 3.05) is 26.7 Å². The number of aliphatic hydroxyl groups excluding tert-OH is 1. The summed E-state index contributed by atoms with van der Waals surface area (Å²) in [6.07, 6.45) is 7.96. The summed E-state index contributed by atoms with van der Waals surface area (Å²) in [7, 11) is 1.66. The Bertz CT molecular complexity index is 441. The van der Waals surface area contributed by atoms with E-state index in [1.54, 1.807) is 7.11 Å². The van der Waals surface area contributed by atoms with Crippen LogP contribution in [0.25, 0.3) is 0 Å². The summed E-state index contributed by atoms with van der Waals surface area (Å²) in [5, 5.41) is 10.4. The lowest BCUT2D eigenvalue weighted by molar-refractivity contribution is 0.0596. The van der Waals surface area contributed by atoms with Gasteiger partial charge in [-0.15, -0.1) is 0 Å². The summed E-state index contributed by atoms with van der Waals surface area (Å²) in [5.41, 5.74) is 1.64. The van der Waals surface area contributed by atoms with E-state index in [1.807, 2.05) is 24.3 Å². The van der Waals surface area contributed by atoms with Crippen LogP contribution in [0, 0.1) is 5.41 Å². The van der Waals surface area contributed by atoms with Gasteiger partial charge < -0.3 is 14.7 Å². The van der Waals surface area contributed by atoms with Gasteiger partial charge in [0, 0.05) is 6.54 Å². The minimum absolute atomic E-state index is 0.395. The molecule has 1 aromatic rings. The molecule has 1 saturated heterocycles. The zero-order valence-electron chi connectivity index (χ0n) is 13.1. The van der Waals surface area contributed by atoms with E-state index in [-0.39, 0.29) is 0 Å². The van der Waals surface area contributed by atoms with Gasteiger partial charge in [0.05, 0.1) is 13.2 Å². The summed E-state index contributed by atoms with van der Waals surface area (Å²) < 4.78 is 5.16. The van der Waals surface area contributed by atoms with Crippen LogP contribution in [0.1, 0.15) is 50.2 Å². The Labute approximate surface area is 127 Å². The normalized spacial score (nSPS) is 23.3. The van der Waals surface area contributed by atoms with E-state index in [0.29, 0.717) is 5.41 Å². The Morgan fingerprint density at radius 2 is 1.71 bits per heavy atom. The van der Waals surface area contributed by atoms with E-state index in [2.05, 4.69) is 4.90 Å². The topological polar surface area (TPSA) is 32.7 Å². The van der Waals surface area contributed by atoms with Crippen molar-refractivity contribution in [2.45, 2.75) is 44.6 Å². The number of aliphatic hydroxyl groups is 1. The zero-order valence-corrected chi connectivity index (χ0v) is 13.1. The molecule has 3 rings (SSSR count). The highest BCUT2D eigenvalue weighted by Crippen LogP contribution is 2.46. The average molecular weight is 289 g/mol. The summed E-state index contributed by atoms with van der Waals surface area (Å²) in [5.74, 6) is 0.840. The quantitative estimate of drug-likeness (QED) is 0.922. The van der Waals surface area contributed by atoms with Crippen LogP contribution < -0.4 is 4.74 Å². The predicted octanol–water partition coefficient (Wildman–Crippen LogP) is 3.38. The first-order valence-corrected chi connectivity index (χ1v) is 8.25. The Balaban J connectivity index is 1.52. The second kappa shape index (κ2) is 6.37. The molecule has 21 heavy (non-hydrogen) atoms. The van der Waals surface area contributed by atoms with Crippen LogP contribution in [0.15, 0.2) is 24.3 Å². The fourth-order valence-electron chi connectivity index (χ4n) is 4.01. The molecule has 2 aliphatic rings. The highest BCUT2D eigenvalue weighted by atomic mass is 16.5. The summed E-state index contributed by atoms with van der Waals surface area (Å²) in [6, 6.07) is 7.77. The number of rotatable bonds is 4. The molecule has 1 unspecified atom stereocenters. The molecule has 3 nitrogen and oxygen atoms in total. The molecule has 1 aliphatic carbocycles. The van der Waals surface area contributed by atoms with Crippen molar-refractivity contribution in [3.8, 4) is 5.75 Å². The smallest absolute Gasteiger partial charge is 0.118 e. The van der Waals surface area contributed by atoms with E-state index in [4.69, 9.17) is 4.74 Å². The fourth-order valence-corrected chi connectivity index (χ4v) is 4.01. The third-order valence-electron chi connectivity index (χ3n) is 5.51. The van der Waals surface area contributed by atoms with Crippen LogP contribution in [0.4, 0.5) is 0 Å². The molecule has 1 atom stereocenters. The molecule has 0 bridgehead atoms. The average Bonchev–Trinajstić information content (AvgIpc) is 2.98. The van der Waals surface area contributed by atoms with Crippen molar-refractivity contribution in [1.82, 2.24) is 4.90 Å². The molecule has 1 saturated carbocycles. The Kier molecular flexibility index (Phi) is 4.51. The van der Waals surface area contributed by atoms with Crippen LogP contribution >= 0.6 is 0 Å². The molecular weight excluding hydrogens is 262 g/mol. The van der Waals surface area contributed by atoms with E-state index in [1.165, 1.54) is 38.5 Å². The van der Waals surface area contributed by atoms with E-state index in [0.717, 1.165) is 30.9 Å². The van der Waals surface area contributed by atoms with Crippen LogP contribution in [0.2, 0.25) is 0 Å². The lowest BCUT2D eigenvalue weighted by atomic mass is 9.77. The summed E-state index contributed by atoms with van der Waals surface area (Å²) >= 11 is 0. The van der Waals surface area contributed by atoms with Crippen molar-refractivity contribution >= 4 is 0 Å². The summed E-state index contributed by atoms with van der Waals surface area (Å²) in [6.45, 7) is 3.04. The first kappa shape index (κ1) is 14.9. The molecule has 1 heterocycles. The number of nitrogens with zero attached hydrogens (tertiary/aromatic N) is 1. The third-order valence-corrected chi connectivity index (χ3v) is 5.51. The SMILES string of the molecule is COc1ccc(C(O)CN2CCC3(CCCC3)CC2)cc1. The van der Waals surface area contributed by atoms with E-state index >= 15 is 0 Å². The van der Waals surface area contributed by atoms with Gasteiger partial charge in [0.25, 0.3) is 0 Å². The molecule has 0 radical (unpaired) electrons. The molecule has 2 fully saturated rings. The first-order chi connectivity index (χ1) is 10.2. The maximum atomic E-state index is 10.4. The standard InChI is InChI=1S/C18H27NO2/c1-21-16-6-4-15(5-7-16)17(20)14-19-12-10-18(11-13-19)8-2-3-9-18/h4-7,17,20H,2-3,8-14H2,1H3. The maximum Gasteiger partial charge on any atom is 0.118 e. The molecule has 1 aromatic carbocycles. The van der Waals surface area contributed by atoms with Gasteiger partial charge in [-0.2, -0.15) is 0 Å². The Morgan fingerprint density at radius 1 is 1.10 bits per heavy atom. The van der Waals surface area contributed by atoms with Crippen molar-refractivity contribution < 1.29 is 9.84 Å². The highest BCUT2D eigenvalue weighted by molar-refractivity contribution is 5.28. The second-order valence-corrected chi connectivity index (χ2v) is 6.80. The molecule has 1 aliphatic heterocycles. The van der Waals surface area contributed by atoms with Crippen molar-refractivity contribution in [2.24, 2.45) is 5.41 Å². The number of ether oxygens (including phenoxy) is 1. The van der Waals surface area contributed by atoms with Crippen LogP contribution in [-0.2, 0) is 0 Å². The molecule has 1 spiro atoms. The van der Waals surface area contributed by atoms with Crippen LogP contribution in [0.3, 0.4) is 0 Å². The van der Waals surface area contributed by atoms with Gasteiger partial charge in [0.15, 0.2) is 0 Å². The van der Waals surface area contributed by atoms with E-state index in [9.17, 15) is 5.11 Å². The number of methoxy groups -OCH3 is 1. The third kappa shape index (κ3) is 3.41. The monoisotopic (exact) mass is 289 g/mol. The molecular formula is C18H27NO2. The highest BCUT2D eigenvalue weighted by Gasteiger charge is 2.37. The van der Waals surface area contributed by atoms with Crippen molar-refractivity contribution in [1.29, 1.82) is 0 Å². The predicted molar refractivity (Wildman–Crippen MR) is 84.5 cm³/mol. The van der Waals surface area contributed by atoms with Gasteiger partial charge in [-0.25, -0.2) is 0 Å². The number of benzene rings is 1. The lowest BCUT2D eigenvalue weighted by Gasteiger charge is -2.40. The second-order valence-electron chi connectivity index (χ2n) is 6.80. The number of β-amino-alcohol motifs (C(OH)–C–C–N with tert-alkyl or cyclic N) is 1. The molecule has 3 heteroatoms. The Hall–Kier alpha value is -1.06. The zero-order chi connectivity index (χ0) is 14.7. The van der Waals surface area contributed by atoms with Gasteiger partial charge in [0.2, 0.25) is 0 Å².